The first-order valence-electron chi connectivity index (χ1n) is 7.54. The molecule has 2 N–H and O–H groups in total. The van der Waals surface area contributed by atoms with Gasteiger partial charge in [0.15, 0.2) is 0 Å². The van der Waals surface area contributed by atoms with Crippen LogP contribution in [0.3, 0.4) is 0 Å². The molecule has 0 aliphatic carbocycles. The molecule has 0 fully saturated rings. The first-order chi connectivity index (χ1) is 11.6. The number of hydrogen-bond acceptors (Lipinski definition) is 3. The van der Waals surface area contributed by atoms with Crippen LogP contribution in [-0.4, -0.2) is 18.9 Å². The van der Waals surface area contributed by atoms with Crippen molar-refractivity contribution in [1.29, 1.82) is 0 Å². The molecule has 0 unspecified atom stereocenters. The quantitative estimate of drug-likeness (QED) is 0.802. The molecule has 5 nitrogen and oxygen atoms in total. The van der Waals surface area contributed by atoms with Gasteiger partial charge in [0, 0.05) is 13.5 Å². The van der Waals surface area contributed by atoms with Crippen LogP contribution in [0.1, 0.15) is 18.1 Å². The Morgan fingerprint density at radius 1 is 1.08 bits per heavy atom. The lowest BCUT2D eigenvalue weighted by Gasteiger charge is -2.10. The van der Waals surface area contributed by atoms with E-state index < -0.39 is 0 Å². The summed E-state index contributed by atoms with van der Waals surface area (Å²) in [4.78, 5) is 23.7. The van der Waals surface area contributed by atoms with E-state index in [0.717, 1.165) is 16.9 Å². The van der Waals surface area contributed by atoms with Crippen molar-refractivity contribution < 1.29 is 14.3 Å². The van der Waals surface area contributed by atoms with Crippen LogP contribution in [0.2, 0.25) is 0 Å². The summed E-state index contributed by atoms with van der Waals surface area (Å²) in [5.41, 5.74) is 1.94. The van der Waals surface area contributed by atoms with Crippen molar-refractivity contribution in [3.05, 3.63) is 71.4 Å². The van der Waals surface area contributed by atoms with Gasteiger partial charge in [-0.25, -0.2) is 0 Å². The third-order valence-electron chi connectivity index (χ3n) is 3.25. The van der Waals surface area contributed by atoms with Crippen molar-refractivity contribution in [2.75, 3.05) is 7.11 Å². The highest BCUT2D eigenvalue weighted by Crippen LogP contribution is 2.12. The van der Waals surface area contributed by atoms with Crippen LogP contribution in [0.15, 0.2) is 60.3 Å². The summed E-state index contributed by atoms with van der Waals surface area (Å²) in [6.45, 7) is 1.70. The second-order valence-electron chi connectivity index (χ2n) is 5.18. The number of carbonyl (C=O) groups excluding carboxylic acids is 2. The smallest absolute Gasteiger partial charge is 0.268 e. The molecule has 0 saturated heterocycles. The van der Waals surface area contributed by atoms with Gasteiger partial charge in [-0.05, 0) is 29.3 Å². The van der Waals surface area contributed by atoms with Gasteiger partial charge in [0.1, 0.15) is 11.4 Å². The van der Waals surface area contributed by atoms with Crippen LogP contribution >= 0.6 is 0 Å². The molecule has 0 aliphatic rings. The fraction of sp³-hybridized carbons (Fsp3) is 0.158. The standard InChI is InChI=1S/C19H20N2O3/c1-14(22)21-18(12-15-7-4-3-5-8-15)19(23)20-13-16-9-6-10-17(11-16)24-2/h3-12H,13H2,1-2H3,(H,20,23)(H,21,22). The molecule has 2 amide bonds. The Hall–Kier alpha value is -3.08. The molecule has 124 valence electrons. The van der Waals surface area contributed by atoms with E-state index in [1.807, 2.05) is 54.6 Å². The zero-order valence-corrected chi connectivity index (χ0v) is 13.7. The molecule has 0 atom stereocenters. The van der Waals surface area contributed by atoms with Crippen molar-refractivity contribution in [2.45, 2.75) is 13.5 Å². The molecule has 0 aliphatic heterocycles. The van der Waals surface area contributed by atoms with Crippen LogP contribution < -0.4 is 15.4 Å². The zero-order valence-electron chi connectivity index (χ0n) is 13.7. The first kappa shape index (κ1) is 17.3. The molecule has 2 rings (SSSR count). The topological polar surface area (TPSA) is 67.4 Å². The number of methoxy groups -OCH3 is 1. The van der Waals surface area contributed by atoms with Crippen molar-refractivity contribution in [3.8, 4) is 5.75 Å². The average Bonchev–Trinajstić information content (AvgIpc) is 2.60. The molecule has 0 aromatic heterocycles. The zero-order chi connectivity index (χ0) is 17.4. The fourth-order valence-corrected chi connectivity index (χ4v) is 2.12. The summed E-state index contributed by atoms with van der Waals surface area (Å²) in [6.07, 6.45) is 1.64. The lowest BCUT2D eigenvalue weighted by Crippen LogP contribution is -2.33. The molecule has 0 radical (unpaired) electrons. The average molecular weight is 324 g/mol. The van der Waals surface area contributed by atoms with E-state index in [2.05, 4.69) is 10.6 Å². The van der Waals surface area contributed by atoms with Gasteiger partial charge in [-0.1, -0.05) is 42.5 Å². The van der Waals surface area contributed by atoms with Crippen molar-refractivity contribution in [3.63, 3.8) is 0 Å². The summed E-state index contributed by atoms with van der Waals surface area (Å²) in [5, 5.41) is 5.37. The molecule has 0 spiro atoms. The molecule has 2 aromatic rings. The minimum Gasteiger partial charge on any atom is -0.497 e. The minimum atomic E-state index is -0.350. The van der Waals surface area contributed by atoms with Crippen molar-refractivity contribution in [2.24, 2.45) is 0 Å². The maximum absolute atomic E-state index is 12.4. The van der Waals surface area contributed by atoms with E-state index in [-0.39, 0.29) is 17.5 Å². The summed E-state index contributed by atoms with van der Waals surface area (Å²) in [5.74, 6) is 0.0780. The number of hydrogen-bond donors (Lipinski definition) is 2. The highest BCUT2D eigenvalue weighted by atomic mass is 16.5. The number of nitrogens with one attached hydrogen (secondary N) is 2. The van der Waals surface area contributed by atoms with Crippen LogP contribution in [-0.2, 0) is 16.1 Å². The Bertz CT molecular complexity index is 739. The molecule has 5 heteroatoms. The maximum atomic E-state index is 12.4. The highest BCUT2D eigenvalue weighted by molar-refractivity contribution is 6.00. The van der Waals surface area contributed by atoms with E-state index in [9.17, 15) is 9.59 Å². The number of amides is 2. The highest BCUT2D eigenvalue weighted by Gasteiger charge is 2.11. The second-order valence-corrected chi connectivity index (χ2v) is 5.18. The number of benzene rings is 2. The molecular formula is C19H20N2O3. The van der Waals surface area contributed by atoms with Crippen LogP contribution in [0.5, 0.6) is 5.75 Å². The van der Waals surface area contributed by atoms with E-state index >= 15 is 0 Å². The fourth-order valence-electron chi connectivity index (χ4n) is 2.12. The van der Waals surface area contributed by atoms with Gasteiger partial charge in [-0.15, -0.1) is 0 Å². The first-order valence-corrected chi connectivity index (χ1v) is 7.54. The summed E-state index contributed by atoms with van der Waals surface area (Å²) < 4.78 is 5.16. The molecule has 2 aromatic carbocycles. The van der Waals surface area contributed by atoms with E-state index in [1.54, 1.807) is 13.2 Å². The van der Waals surface area contributed by atoms with Crippen molar-refractivity contribution >= 4 is 17.9 Å². The van der Waals surface area contributed by atoms with Gasteiger partial charge >= 0.3 is 0 Å². The molecule has 24 heavy (non-hydrogen) atoms. The molecule has 0 heterocycles. The normalized spacial score (nSPS) is 10.8. The van der Waals surface area contributed by atoms with Gasteiger partial charge < -0.3 is 15.4 Å². The van der Waals surface area contributed by atoms with Gasteiger partial charge in [0.05, 0.1) is 7.11 Å². The Morgan fingerprint density at radius 2 is 1.83 bits per heavy atom. The maximum Gasteiger partial charge on any atom is 0.268 e. The van der Waals surface area contributed by atoms with Gasteiger partial charge in [0.25, 0.3) is 5.91 Å². The number of carbonyl (C=O) groups is 2. The molecule has 0 bridgehead atoms. The van der Waals surface area contributed by atoms with Crippen LogP contribution in [0.25, 0.3) is 6.08 Å². The third kappa shape index (κ3) is 5.28. The van der Waals surface area contributed by atoms with Gasteiger partial charge in [-0.3, -0.25) is 9.59 Å². The molecule has 0 saturated carbocycles. The van der Waals surface area contributed by atoms with E-state index in [1.165, 1.54) is 6.92 Å². The Labute approximate surface area is 141 Å². The predicted molar refractivity (Wildman–Crippen MR) is 93.1 cm³/mol. The van der Waals surface area contributed by atoms with Gasteiger partial charge in [0.2, 0.25) is 5.91 Å². The van der Waals surface area contributed by atoms with Crippen LogP contribution in [0.4, 0.5) is 0 Å². The Morgan fingerprint density at radius 3 is 2.50 bits per heavy atom. The van der Waals surface area contributed by atoms with E-state index in [4.69, 9.17) is 4.74 Å². The SMILES string of the molecule is COc1cccc(CNC(=O)C(=Cc2ccccc2)NC(C)=O)c1. The van der Waals surface area contributed by atoms with Crippen LogP contribution in [0, 0.1) is 0 Å². The second kappa shape index (κ2) is 8.53. The minimum absolute atomic E-state index is 0.205. The van der Waals surface area contributed by atoms with Crippen molar-refractivity contribution in [1.82, 2.24) is 10.6 Å². The van der Waals surface area contributed by atoms with Gasteiger partial charge in [-0.2, -0.15) is 0 Å². The summed E-state index contributed by atoms with van der Waals surface area (Å²) >= 11 is 0. The summed E-state index contributed by atoms with van der Waals surface area (Å²) in [6, 6.07) is 16.8. The number of ether oxygens (including phenoxy) is 1. The Balaban J connectivity index is 2.10. The molecular weight excluding hydrogens is 304 g/mol. The Kier molecular flexibility index (Phi) is 6.14. The summed E-state index contributed by atoms with van der Waals surface area (Å²) in [7, 11) is 1.59. The van der Waals surface area contributed by atoms with E-state index in [0.29, 0.717) is 6.54 Å². The number of rotatable bonds is 6. The largest absolute Gasteiger partial charge is 0.497 e. The third-order valence-corrected chi connectivity index (χ3v) is 3.25. The lowest BCUT2D eigenvalue weighted by molar-refractivity contribution is -0.122. The lowest BCUT2D eigenvalue weighted by atomic mass is 10.1. The monoisotopic (exact) mass is 324 g/mol. The predicted octanol–water partition coefficient (Wildman–Crippen LogP) is 2.49.